The second-order valence-electron chi connectivity index (χ2n) is 7.05. The van der Waals surface area contributed by atoms with Crippen molar-refractivity contribution >= 4 is 23.2 Å². The van der Waals surface area contributed by atoms with Crippen LogP contribution in [0.4, 0.5) is 5.69 Å². The standard InChI is InChI=1S/C22H23ClN2O/c1-2-13-24-22(26)19-8-4-7-18-16-5-3-6-17(16)20(25-21(18)19)14-9-11-15(23)12-10-14/h3-5,7-12,16-17,20,25H,2,6,13H2,1H3,(H,24,26). The molecule has 0 fully saturated rings. The number of allylic oxidation sites excluding steroid dienone is 2. The molecule has 134 valence electrons. The van der Waals surface area contributed by atoms with Gasteiger partial charge in [0.2, 0.25) is 0 Å². The van der Waals surface area contributed by atoms with Gasteiger partial charge >= 0.3 is 0 Å². The zero-order valence-corrected chi connectivity index (χ0v) is 15.6. The minimum Gasteiger partial charge on any atom is -0.377 e. The molecule has 2 N–H and O–H groups in total. The summed E-state index contributed by atoms with van der Waals surface area (Å²) in [7, 11) is 0. The van der Waals surface area contributed by atoms with Crippen LogP contribution < -0.4 is 10.6 Å². The molecule has 0 radical (unpaired) electrons. The molecular formula is C22H23ClN2O. The molecule has 1 aliphatic heterocycles. The van der Waals surface area contributed by atoms with Crippen LogP contribution in [0.25, 0.3) is 0 Å². The molecule has 0 saturated heterocycles. The van der Waals surface area contributed by atoms with Gasteiger partial charge in [-0.05, 0) is 48.1 Å². The van der Waals surface area contributed by atoms with Gasteiger partial charge in [-0.25, -0.2) is 0 Å². The highest BCUT2D eigenvalue weighted by Gasteiger charge is 2.39. The predicted octanol–water partition coefficient (Wildman–Crippen LogP) is 5.31. The van der Waals surface area contributed by atoms with E-state index in [9.17, 15) is 4.79 Å². The molecule has 3 nitrogen and oxygen atoms in total. The van der Waals surface area contributed by atoms with Crippen LogP contribution in [-0.4, -0.2) is 12.5 Å². The molecule has 2 aliphatic rings. The van der Waals surface area contributed by atoms with Crippen LogP contribution in [0.5, 0.6) is 0 Å². The Labute approximate surface area is 159 Å². The summed E-state index contributed by atoms with van der Waals surface area (Å²) in [6.07, 6.45) is 6.52. The Bertz CT molecular complexity index is 844. The predicted molar refractivity (Wildman–Crippen MR) is 107 cm³/mol. The molecule has 1 heterocycles. The number of nitrogens with one attached hydrogen (secondary N) is 2. The first kappa shape index (κ1) is 17.2. The molecule has 2 aromatic carbocycles. The number of carbonyl (C=O) groups excluding carboxylic acids is 1. The number of hydrogen-bond acceptors (Lipinski definition) is 2. The third-order valence-corrected chi connectivity index (χ3v) is 5.66. The topological polar surface area (TPSA) is 41.1 Å². The molecule has 0 saturated carbocycles. The summed E-state index contributed by atoms with van der Waals surface area (Å²) in [5, 5.41) is 7.43. The van der Waals surface area contributed by atoms with Crippen molar-refractivity contribution in [3.63, 3.8) is 0 Å². The summed E-state index contributed by atoms with van der Waals surface area (Å²) in [5.74, 6) is 0.787. The zero-order chi connectivity index (χ0) is 18.1. The van der Waals surface area contributed by atoms with Gasteiger partial charge in [-0.2, -0.15) is 0 Å². The highest BCUT2D eigenvalue weighted by Crippen LogP contribution is 2.50. The van der Waals surface area contributed by atoms with E-state index < -0.39 is 0 Å². The van der Waals surface area contributed by atoms with Crippen molar-refractivity contribution in [3.05, 3.63) is 76.3 Å². The zero-order valence-electron chi connectivity index (χ0n) is 14.8. The third kappa shape index (κ3) is 3.01. The quantitative estimate of drug-likeness (QED) is 0.720. The number of para-hydroxylation sites is 1. The molecule has 0 bridgehead atoms. The van der Waals surface area contributed by atoms with Crippen LogP contribution in [0.3, 0.4) is 0 Å². The maximum Gasteiger partial charge on any atom is 0.253 e. The van der Waals surface area contributed by atoms with Crippen molar-refractivity contribution in [1.29, 1.82) is 0 Å². The largest absolute Gasteiger partial charge is 0.377 e. The average molecular weight is 367 g/mol. The first-order chi connectivity index (χ1) is 12.7. The number of anilines is 1. The lowest BCUT2D eigenvalue weighted by Crippen LogP contribution is -2.32. The Morgan fingerprint density at radius 2 is 2.04 bits per heavy atom. The van der Waals surface area contributed by atoms with Crippen LogP contribution >= 0.6 is 11.6 Å². The number of hydrogen-bond donors (Lipinski definition) is 2. The SMILES string of the molecule is CCCNC(=O)c1cccc2c1NC(c1ccc(Cl)cc1)C1CC=CC21. The Morgan fingerprint density at radius 1 is 1.23 bits per heavy atom. The number of carbonyl (C=O) groups is 1. The molecule has 4 rings (SSSR count). The van der Waals surface area contributed by atoms with Gasteiger partial charge in [-0.15, -0.1) is 0 Å². The van der Waals surface area contributed by atoms with E-state index in [-0.39, 0.29) is 11.9 Å². The molecule has 4 heteroatoms. The van der Waals surface area contributed by atoms with Gasteiger partial charge in [0.25, 0.3) is 5.91 Å². The van der Waals surface area contributed by atoms with E-state index in [2.05, 4.69) is 47.9 Å². The number of rotatable bonds is 4. The van der Waals surface area contributed by atoms with E-state index in [0.717, 1.165) is 29.1 Å². The van der Waals surface area contributed by atoms with Gasteiger partial charge < -0.3 is 10.6 Å². The van der Waals surface area contributed by atoms with E-state index in [1.165, 1.54) is 11.1 Å². The Kier molecular flexibility index (Phi) is 4.73. The average Bonchev–Trinajstić information content (AvgIpc) is 3.16. The lowest BCUT2D eigenvalue weighted by atomic mass is 9.76. The molecule has 0 aromatic heterocycles. The van der Waals surface area contributed by atoms with E-state index in [1.54, 1.807) is 0 Å². The van der Waals surface area contributed by atoms with Crippen LogP contribution in [0, 0.1) is 5.92 Å². The van der Waals surface area contributed by atoms with Gasteiger partial charge in [0.05, 0.1) is 17.3 Å². The summed E-state index contributed by atoms with van der Waals surface area (Å²) >= 11 is 6.07. The van der Waals surface area contributed by atoms with E-state index in [0.29, 0.717) is 18.4 Å². The molecule has 0 spiro atoms. The van der Waals surface area contributed by atoms with Gasteiger partial charge in [-0.3, -0.25) is 4.79 Å². The summed E-state index contributed by atoms with van der Waals surface area (Å²) in [4.78, 5) is 12.7. The van der Waals surface area contributed by atoms with E-state index >= 15 is 0 Å². The monoisotopic (exact) mass is 366 g/mol. The minimum absolute atomic E-state index is 0.00789. The maximum absolute atomic E-state index is 12.7. The maximum atomic E-state index is 12.7. The molecule has 3 unspecified atom stereocenters. The molecule has 26 heavy (non-hydrogen) atoms. The third-order valence-electron chi connectivity index (χ3n) is 5.41. The summed E-state index contributed by atoms with van der Waals surface area (Å²) in [6.45, 7) is 2.75. The van der Waals surface area contributed by atoms with Crippen LogP contribution in [0.1, 0.15) is 53.2 Å². The van der Waals surface area contributed by atoms with Gasteiger partial charge in [-0.1, -0.05) is 54.9 Å². The van der Waals surface area contributed by atoms with Crippen molar-refractivity contribution in [2.75, 3.05) is 11.9 Å². The highest BCUT2D eigenvalue weighted by molar-refractivity contribution is 6.30. The van der Waals surface area contributed by atoms with Crippen molar-refractivity contribution in [3.8, 4) is 0 Å². The van der Waals surface area contributed by atoms with Crippen molar-refractivity contribution in [1.82, 2.24) is 5.32 Å². The fraction of sp³-hybridized carbons (Fsp3) is 0.318. The molecule has 1 amide bonds. The second-order valence-corrected chi connectivity index (χ2v) is 7.49. The lowest BCUT2D eigenvalue weighted by Gasteiger charge is -2.38. The van der Waals surface area contributed by atoms with Crippen LogP contribution in [0.15, 0.2) is 54.6 Å². The number of fused-ring (bicyclic) bond motifs is 3. The lowest BCUT2D eigenvalue weighted by molar-refractivity contribution is 0.0954. The number of amides is 1. The number of halogens is 1. The van der Waals surface area contributed by atoms with Crippen LogP contribution in [0.2, 0.25) is 5.02 Å². The van der Waals surface area contributed by atoms with Crippen LogP contribution in [-0.2, 0) is 0 Å². The van der Waals surface area contributed by atoms with Crippen molar-refractivity contribution in [2.45, 2.75) is 31.7 Å². The minimum atomic E-state index is -0.00789. The van der Waals surface area contributed by atoms with E-state index in [4.69, 9.17) is 11.6 Å². The summed E-state index contributed by atoms with van der Waals surface area (Å²) < 4.78 is 0. The fourth-order valence-electron chi connectivity index (χ4n) is 4.14. The Hall–Kier alpha value is -2.26. The molecule has 3 atom stereocenters. The summed E-state index contributed by atoms with van der Waals surface area (Å²) in [5.41, 5.74) is 4.13. The normalized spacial score (nSPS) is 23.1. The van der Waals surface area contributed by atoms with Gasteiger partial charge in [0.15, 0.2) is 0 Å². The van der Waals surface area contributed by atoms with E-state index in [1.807, 2.05) is 24.3 Å². The van der Waals surface area contributed by atoms with Gasteiger partial charge in [0.1, 0.15) is 0 Å². The highest BCUT2D eigenvalue weighted by atomic mass is 35.5. The Balaban J connectivity index is 1.74. The molecule has 2 aromatic rings. The molecule has 1 aliphatic carbocycles. The van der Waals surface area contributed by atoms with Crippen molar-refractivity contribution in [2.24, 2.45) is 5.92 Å². The number of benzene rings is 2. The first-order valence-corrected chi connectivity index (χ1v) is 9.66. The van der Waals surface area contributed by atoms with Gasteiger partial charge in [0, 0.05) is 17.5 Å². The second kappa shape index (κ2) is 7.16. The van der Waals surface area contributed by atoms with Crippen molar-refractivity contribution < 1.29 is 4.79 Å². The summed E-state index contributed by atoms with van der Waals surface area (Å²) in [6, 6.07) is 14.3. The fourth-order valence-corrected chi connectivity index (χ4v) is 4.27. The smallest absolute Gasteiger partial charge is 0.253 e. The molecular weight excluding hydrogens is 344 g/mol. The first-order valence-electron chi connectivity index (χ1n) is 9.29. The Morgan fingerprint density at radius 3 is 2.81 bits per heavy atom.